The number of hydrogen-bond donors (Lipinski definition) is 0. The first-order chi connectivity index (χ1) is 9.99. The van der Waals surface area contributed by atoms with E-state index in [0.29, 0.717) is 17.1 Å². The van der Waals surface area contributed by atoms with E-state index in [4.69, 9.17) is 5.53 Å². The second kappa shape index (κ2) is 4.82. The molecular weight excluding hydrogens is 283 g/mol. The molecule has 0 atom stereocenters. The third-order valence-corrected chi connectivity index (χ3v) is 3.28. The fraction of sp³-hybridized carbons (Fsp3) is 0.308. The van der Waals surface area contributed by atoms with Crippen LogP contribution in [-0.2, 0) is 6.18 Å². The maximum absolute atomic E-state index is 12.8. The van der Waals surface area contributed by atoms with Gasteiger partial charge in [-0.1, -0.05) is 17.2 Å². The smallest absolute Gasteiger partial charge is 0.237 e. The lowest BCUT2D eigenvalue weighted by Gasteiger charge is -2.06. The van der Waals surface area contributed by atoms with Crippen LogP contribution in [0.25, 0.3) is 16.1 Å². The lowest BCUT2D eigenvalue weighted by molar-refractivity contribution is -0.141. The molecule has 108 valence electrons. The molecule has 5 nitrogen and oxygen atoms in total. The number of rotatable bonds is 3. The molecule has 1 aromatic carbocycles. The largest absolute Gasteiger partial charge is 0.435 e. The molecule has 2 aromatic rings. The van der Waals surface area contributed by atoms with Gasteiger partial charge >= 0.3 is 6.18 Å². The van der Waals surface area contributed by atoms with Crippen molar-refractivity contribution >= 4 is 5.69 Å². The number of azide groups is 1. The molecule has 3 rings (SSSR count). The summed E-state index contributed by atoms with van der Waals surface area (Å²) in [7, 11) is 0. The number of benzene rings is 1. The van der Waals surface area contributed by atoms with Gasteiger partial charge in [0.15, 0.2) is 5.69 Å². The van der Waals surface area contributed by atoms with Crippen LogP contribution in [-0.4, -0.2) is 9.78 Å². The molecule has 1 aliphatic rings. The van der Waals surface area contributed by atoms with Gasteiger partial charge in [-0.05, 0) is 36.6 Å². The van der Waals surface area contributed by atoms with Crippen molar-refractivity contribution in [3.8, 4) is 5.69 Å². The highest BCUT2D eigenvalue weighted by molar-refractivity contribution is 5.45. The molecule has 21 heavy (non-hydrogen) atoms. The van der Waals surface area contributed by atoms with Crippen LogP contribution in [0.15, 0.2) is 35.4 Å². The van der Waals surface area contributed by atoms with Gasteiger partial charge < -0.3 is 0 Å². The third-order valence-electron chi connectivity index (χ3n) is 3.28. The van der Waals surface area contributed by atoms with Gasteiger partial charge in [0, 0.05) is 22.2 Å². The summed E-state index contributed by atoms with van der Waals surface area (Å²) in [6.07, 6.45) is -2.71. The zero-order chi connectivity index (χ0) is 15.0. The van der Waals surface area contributed by atoms with Gasteiger partial charge in [-0.2, -0.15) is 18.3 Å². The Morgan fingerprint density at radius 2 is 1.90 bits per heavy atom. The maximum atomic E-state index is 12.8. The number of nitrogens with zero attached hydrogens (tertiary/aromatic N) is 5. The van der Waals surface area contributed by atoms with Crippen molar-refractivity contribution in [3.05, 3.63) is 52.2 Å². The highest BCUT2D eigenvalue weighted by Gasteiger charge is 2.38. The Morgan fingerprint density at radius 3 is 2.43 bits per heavy atom. The molecule has 1 aliphatic carbocycles. The minimum absolute atomic E-state index is 0.130. The summed E-state index contributed by atoms with van der Waals surface area (Å²) in [5.74, 6) is 0.130. The normalized spacial score (nSPS) is 14.8. The van der Waals surface area contributed by atoms with Crippen LogP contribution < -0.4 is 0 Å². The Morgan fingerprint density at radius 1 is 1.24 bits per heavy atom. The molecule has 8 heteroatoms. The van der Waals surface area contributed by atoms with Crippen molar-refractivity contribution in [2.24, 2.45) is 5.11 Å². The van der Waals surface area contributed by atoms with E-state index >= 15 is 0 Å². The van der Waals surface area contributed by atoms with Crippen molar-refractivity contribution in [1.29, 1.82) is 0 Å². The number of hydrogen-bond acceptors (Lipinski definition) is 2. The Kier molecular flexibility index (Phi) is 3.10. The van der Waals surface area contributed by atoms with Crippen molar-refractivity contribution in [2.75, 3.05) is 0 Å². The van der Waals surface area contributed by atoms with E-state index in [1.54, 1.807) is 24.3 Å². The summed E-state index contributed by atoms with van der Waals surface area (Å²) in [6.45, 7) is 0. The Balaban J connectivity index is 2.04. The van der Waals surface area contributed by atoms with Crippen molar-refractivity contribution in [2.45, 2.75) is 24.9 Å². The zero-order valence-corrected chi connectivity index (χ0v) is 10.7. The highest BCUT2D eigenvalue weighted by Crippen LogP contribution is 2.43. The maximum Gasteiger partial charge on any atom is 0.435 e. The van der Waals surface area contributed by atoms with E-state index in [1.807, 2.05) is 0 Å². The molecule has 0 spiro atoms. The highest BCUT2D eigenvalue weighted by atomic mass is 19.4. The van der Waals surface area contributed by atoms with Crippen LogP contribution in [0.1, 0.15) is 30.1 Å². The van der Waals surface area contributed by atoms with E-state index in [9.17, 15) is 13.2 Å². The SMILES string of the molecule is [N-]=[N+]=Nc1ccc(-n2nc(C(F)(F)F)cc2C2CC2)cc1. The van der Waals surface area contributed by atoms with Crippen LogP contribution in [0.3, 0.4) is 0 Å². The Bertz CT molecular complexity index is 706. The predicted molar refractivity (Wildman–Crippen MR) is 69.3 cm³/mol. The lowest BCUT2D eigenvalue weighted by atomic mass is 10.2. The first-order valence-electron chi connectivity index (χ1n) is 6.32. The Labute approximate surface area is 117 Å². The van der Waals surface area contributed by atoms with E-state index in [0.717, 1.165) is 18.9 Å². The van der Waals surface area contributed by atoms with E-state index in [2.05, 4.69) is 15.1 Å². The standard InChI is InChI=1S/C13H10F3N5/c14-13(15,16)12-7-11(8-1-2-8)21(19-12)10-5-3-9(4-6-10)18-20-17/h3-8H,1-2H2. The quantitative estimate of drug-likeness (QED) is 0.459. The summed E-state index contributed by atoms with van der Waals surface area (Å²) < 4.78 is 39.8. The van der Waals surface area contributed by atoms with Gasteiger partial charge in [0.25, 0.3) is 0 Å². The molecule has 0 aliphatic heterocycles. The molecule has 0 radical (unpaired) electrons. The molecular formula is C13H10F3N5. The van der Waals surface area contributed by atoms with Crippen LogP contribution >= 0.6 is 0 Å². The van der Waals surface area contributed by atoms with Crippen molar-refractivity contribution < 1.29 is 13.2 Å². The van der Waals surface area contributed by atoms with Gasteiger partial charge in [-0.25, -0.2) is 4.68 Å². The summed E-state index contributed by atoms with van der Waals surface area (Å²) in [5.41, 5.74) is 8.94. The fourth-order valence-corrected chi connectivity index (χ4v) is 2.12. The van der Waals surface area contributed by atoms with E-state index in [-0.39, 0.29) is 5.92 Å². The molecule has 0 amide bonds. The lowest BCUT2D eigenvalue weighted by Crippen LogP contribution is -2.07. The summed E-state index contributed by atoms with van der Waals surface area (Å²) in [6, 6.07) is 7.37. The average molecular weight is 293 g/mol. The number of aromatic nitrogens is 2. The van der Waals surface area contributed by atoms with Gasteiger partial charge in [0.2, 0.25) is 0 Å². The molecule has 1 aromatic heterocycles. The minimum atomic E-state index is -4.46. The van der Waals surface area contributed by atoms with Gasteiger partial charge in [0.05, 0.1) is 5.69 Å². The molecule has 1 saturated carbocycles. The summed E-state index contributed by atoms with van der Waals surface area (Å²) in [5, 5.41) is 7.10. The molecule has 0 N–H and O–H groups in total. The molecule has 0 unspecified atom stereocenters. The van der Waals surface area contributed by atoms with Crippen LogP contribution in [0.2, 0.25) is 0 Å². The summed E-state index contributed by atoms with van der Waals surface area (Å²) >= 11 is 0. The Hall–Kier alpha value is -2.47. The average Bonchev–Trinajstić information content (AvgIpc) is 3.17. The van der Waals surface area contributed by atoms with Crippen LogP contribution in [0.4, 0.5) is 18.9 Å². The molecule has 0 saturated heterocycles. The predicted octanol–water partition coefficient (Wildman–Crippen LogP) is 4.71. The van der Waals surface area contributed by atoms with E-state index < -0.39 is 11.9 Å². The van der Waals surface area contributed by atoms with Crippen molar-refractivity contribution in [3.63, 3.8) is 0 Å². The van der Waals surface area contributed by atoms with Gasteiger partial charge in [-0.3, -0.25) is 0 Å². The van der Waals surface area contributed by atoms with Crippen molar-refractivity contribution in [1.82, 2.24) is 9.78 Å². The monoisotopic (exact) mass is 293 g/mol. The number of halogens is 3. The van der Waals surface area contributed by atoms with Crippen LogP contribution in [0.5, 0.6) is 0 Å². The third kappa shape index (κ3) is 2.71. The van der Waals surface area contributed by atoms with Gasteiger partial charge in [0.1, 0.15) is 0 Å². The second-order valence-electron chi connectivity index (χ2n) is 4.84. The minimum Gasteiger partial charge on any atom is -0.237 e. The van der Waals surface area contributed by atoms with Crippen LogP contribution in [0, 0.1) is 0 Å². The first-order valence-corrected chi connectivity index (χ1v) is 6.32. The molecule has 1 heterocycles. The van der Waals surface area contributed by atoms with E-state index in [1.165, 1.54) is 4.68 Å². The molecule has 0 bridgehead atoms. The second-order valence-corrected chi connectivity index (χ2v) is 4.84. The fourth-order valence-electron chi connectivity index (χ4n) is 2.12. The first kappa shape index (κ1) is 13.5. The molecule has 1 fully saturated rings. The zero-order valence-electron chi connectivity index (χ0n) is 10.7. The number of alkyl halides is 3. The topological polar surface area (TPSA) is 66.6 Å². The van der Waals surface area contributed by atoms with Gasteiger partial charge in [-0.15, -0.1) is 0 Å². The summed E-state index contributed by atoms with van der Waals surface area (Å²) in [4.78, 5) is 2.65.